The molecule has 0 bridgehead atoms. The molecule has 1 saturated carbocycles. The van der Waals surface area contributed by atoms with Crippen molar-refractivity contribution in [2.45, 2.75) is 31.3 Å². The summed E-state index contributed by atoms with van der Waals surface area (Å²) >= 11 is 0. The summed E-state index contributed by atoms with van der Waals surface area (Å²) in [6.45, 7) is 2.19. The summed E-state index contributed by atoms with van der Waals surface area (Å²) in [7, 11) is -1.39. The van der Waals surface area contributed by atoms with E-state index in [1.54, 1.807) is 7.11 Å². The van der Waals surface area contributed by atoms with Gasteiger partial charge >= 0.3 is 0 Å². The Morgan fingerprint density at radius 3 is 2.76 bits per heavy atom. The van der Waals surface area contributed by atoms with Gasteiger partial charge in [0, 0.05) is 47.6 Å². The van der Waals surface area contributed by atoms with Crippen LogP contribution in [-0.2, 0) is 28.3 Å². The van der Waals surface area contributed by atoms with Gasteiger partial charge in [-0.3, -0.25) is 4.98 Å². The van der Waals surface area contributed by atoms with Crippen LogP contribution in [-0.4, -0.2) is 43.6 Å². The van der Waals surface area contributed by atoms with Gasteiger partial charge in [0.05, 0.1) is 31.3 Å². The van der Waals surface area contributed by atoms with Crippen LogP contribution >= 0.6 is 0 Å². The Morgan fingerprint density at radius 1 is 1.21 bits per heavy atom. The maximum Gasteiger partial charge on any atom is 0.149 e. The Balaban J connectivity index is 1.54. The van der Waals surface area contributed by atoms with Crippen molar-refractivity contribution in [2.75, 3.05) is 30.6 Å². The molecular formula is C22H25N3O3S. The molecule has 6 nitrogen and oxygen atoms in total. The predicted octanol–water partition coefficient (Wildman–Crippen LogP) is 3.14. The molecule has 0 unspecified atom stereocenters. The summed E-state index contributed by atoms with van der Waals surface area (Å²) in [5.74, 6) is 0.926. The van der Waals surface area contributed by atoms with Crippen molar-refractivity contribution in [1.29, 1.82) is 0 Å². The molecule has 7 heteroatoms. The second kappa shape index (κ2) is 6.49. The number of ether oxygens (including phenoxy) is 1. The van der Waals surface area contributed by atoms with Gasteiger partial charge in [-0.2, -0.15) is 0 Å². The van der Waals surface area contributed by atoms with Gasteiger partial charge < -0.3 is 14.2 Å². The maximum atomic E-state index is 11.8. The van der Waals surface area contributed by atoms with E-state index in [4.69, 9.17) is 4.74 Å². The largest absolute Gasteiger partial charge is 0.497 e. The molecule has 0 N–H and O–H groups in total. The van der Waals surface area contributed by atoms with Gasteiger partial charge in [-0.25, -0.2) is 8.42 Å². The zero-order valence-corrected chi connectivity index (χ0v) is 17.6. The number of benzene rings is 1. The average molecular weight is 412 g/mol. The summed E-state index contributed by atoms with van der Waals surface area (Å²) in [6.07, 6.45) is 7.61. The van der Waals surface area contributed by atoms with E-state index in [0.29, 0.717) is 12.0 Å². The topological polar surface area (TPSA) is 64.4 Å². The van der Waals surface area contributed by atoms with E-state index < -0.39 is 9.84 Å². The minimum atomic E-state index is -3.05. The van der Waals surface area contributed by atoms with Crippen molar-refractivity contribution in [1.82, 2.24) is 9.55 Å². The number of methoxy groups -OCH3 is 1. The molecule has 2 aromatic heterocycles. The highest BCUT2D eigenvalue weighted by Gasteiger charge is 2.51. The zero-order chi connectivity index (χ0) is 20.2. The standard InChI is InChI=1S/C22H25N3O3S/c1-28-18-3-4-20-16(12-18)11-17(25(20)9-10-29(2,26)27)14-24-15-22(6-7-22)19-5-8-23-13-21(19)24/h3-5,8,11-13H,6-7,9-10,14-15H2,1-2H3. The van der Waals surface area contributed by atoms with Crippen LogP contribution in [0.1, 0.15) is 24.1 Å². The first-order valence-corrected chi connectivity index (χ1v) is 12.0. The minimum absolute atomic E-state index is 0.123. The van der Waals surface area contributed by atoms with Gasteiger partial charge in [-0.1, -0.05) is 0 Å². The second-order valence-corrected chi connectivity index (χ2v) is 10.6. The molecule has 1 aliphatic heterocycles. The first-order chi connectivity index (χ1) is 13.9. The molecule has 3 aromatic rings. The van der Waals surface area contributed by atoms with Crippen LogP contribution in [0.3, 0.4) is 0 Å². The third-order valence-electron chi connectivity index (χ3n) is 6.29. The normalized spacial score (nSPS) is 17.1. The van der Waals surface area contributed by atoms with Gasteiger partial charge in [-0.15, -0.1) is 0 Å². The highest BCUT2D eigenvalue weighted by Crippen LogP contribution is 2.56. The number of rotatable bonds is 6. The SMILES string of the molecule is COc1ccc2c(c1)cc(CN1CC3(CC3)c3ccncc31)n2CCS(C)(=O)=O. The van der Waals surface area contributed by atoms with Crippen molar-refractivity contribution < 1.29 is 13.2 Å². The van der Waals surface area contributed by atoms with Crippen LogP contribution in [0.4, 0.5) is 5.69 Å². The molecule has 1 spiro atoms. The monoisotopic (exact) mass is 411 g/mol. The number of pyridine rings is 1. The first-order valence-electron chi connectivity index (χ1n) is 9.92. The molecule has 1 aliphatic carbocycles. The highest BCUT2D eigenvalue weighted by atomic mass is 32.2. The van der Waals surface area contributed by atoms with Gasteiger partial charge in [0.15, 0.2) is 0 Å². The van der Waals surface area contributed by atoms with Crippen molar-refractivity contribution in [3.63, 3.8) is 0 Å². The fraction of sp³-hybridized carbons (Fsp3) is 0.409. The molecule has 3 heterocycles. The maximum absolute atomic E-state index is 11.8. The fourth-order valence-electron chi connectivity index (χ4n) is 4.62. The fourth-order valence-corrected chi connectivity index (χ4v) is 5.14. The van der Waals surface area contributed by atoms with Crippen molar-refractivity contribution >= 4 is 26.4 Å². The van der Waals surface area contributed by atoms with Crippen LogP contribution in [0, 0.1) is 0 Å². The van der Waals surface area contributed by atoms with E-state index in [1.165, 1.54) is 30.3 Å². The van der Waals surface area contributed by atoms with Crippen LogP contribution in [0.5, 0.6) is 5.75 Å². The van der Waals surface area contributed by atoms with Gasteiger partial charge in [0.2, 0.25) is 0 Å². The molecule has 0 atom stereocenters. The van der Waals surface area contributed by atoms with E-state index in [0.717, 1.165) is 35.4 Å². The number of sulfone groups is 1. The molecule has 0 radical (unpaired) electrons. The van der Waals surface area contributed by atoms with Crippen molar-refractivity contribution in [2.24, 2.45) is 0 Å². The van der Waals surface area contributed by atoms with E-state index in [1.807, 2.05) is 30.6 Å². The first kappa shape index (κ1) is 18.5. The lowest BCUT2D eigenvalue weighted by molar-refractivity contribution is 0.415. The summed E-state index contributed by atoms with van der Waals surface area (Å²) in [5, 5.41) is 1.07. The molecular weight excluding hydrogens is 386 g/mol. The Morgan fingerprint density at radius 2 is 2.03 bits per heavy atom. The average Bonchev–Trinajstić information content (AvgIpc) is 3.30. The number of anilines is 1. The minimum Gasteiger partial charge on any atom is -0.497 e. The number of aromatic nitrogens is 2. The van der Waals surface area contributed by atoms with E-state index in [2.05, 4.69) is 26.6 Å². The van der Waals surface area contributed by atoms with Gasteiger partial charge in [0.25, 0.3) is 0 Å². The molecule has 0 saturated heterocycles. The Bertz CT molecular complexity index is 1200. The number of aryl methyl sites for hydroxylation is 1. The molecule has 5 rings (SSSR count). The highest BCUT2D eigenvalue weighted by molar-refractivity contribution is 7.90. The van der Waals surface area contributed by atoms with Crippen LogP contribution in [0.25, 0.3) is 10.9 Å². The van der Waals surface area contributed by atoms with E-state index >= 15 is 0 Å². The summed E-state index contributed by atoms with van der Waals surface area (Å²) in [5.41, 5.74) is 5.07. The lowest BCUT2D eigenvalue weighted by Crippen LogP contribution is -2.25. The Hall–Kier alpha value is -2.54. The Kier molecular flexibility index (Phi) is 4.13. The van der Waals surface area contributed by atoms with Crippen LogP contribution < -0.4 is 9.64 Å². The molecule has 1 aromatic carbocycles. The lowest BCUT2D eigenvalue weighted by atomic mass is 10.0. The molecule has 1 fully saturated rings. The number of hydrogen-bond donors (Lipinski definition) is 0. The predicted molar refractivity (Wildman–Crippen MR) is 114 cm³/mol. The van der Waals surface area contributed by atoms with E-state index in [9.17, 15) is 8.42 Å². The number of nitrogens with zero attached hydrogens (tertiary/aromatic N) is 3. The summed E-state index contributed by atoms with van der Waals surface area (Å²) in [4.78, 5) is 6.75. The lowest BCUT2D eigenvalue weighted by Gasteiger charge is -2.21. The molecule has 2 aliphatic rings. The quantitative estimate of drug-likeness (QED) is 0.624. The number of hydrogen-bond acceptors (Lipinski definition) is 5. The number of fused-ring (bicyclic) bond motifs is 3. The third kappa shape index (κ3) is 3.27. The third-order valence-corrected chi connectivity index (χ3v) is 7.22. The van der Waals surface area contributed by atoms with Gasteiger partial charge in [-0.05, 0) is 48.7 Å². The van der Waals surface area contributed by atoms with Crippen LogP contribution in [0.15, 0.2) is 42.7 Å². The zero-order valence-electron chi connectivity index (χ0n) is 16.8. The molecule has 152 valence electrons. The molecule has 0 amide bonds. The second-order valence-electron chi connectivity index (χ2n) is 8.37. The summed E-state index contributed by atoms with van der Waals surface area (Å²) < 4.78 is 31.2. The summed E-state index contributed by atoms with van der Waals surface area (Å²) in [6, 6.07) is 10.3. The van der Waals surface area contributed by atoms with Crippen molar-refractivity contribution in [3.05, 3.63) is 54.0 Å². The van der Waals surface area contributed by atoms with Crippen molar-refractivity contribution in [3.8, 4) is 5.75 Å². The van der Waals surface area contributed by atoms with E-state index in [-0.39, 0.29) is 5.75 Å². The van der Waals surface area contributed by atoms with Crippen LogP contribution in [0.2, 0.25) is 0 Å². The Labute approximate surface area is 171 Å². The molecule has 29 heavy (non-hydrogen) atoms. The smallest absolute Gasteiger partial charge is 0.149 e. The van der Waals surface area contributed by atoms with Gasteiger partial charge in [0.1, 0.15) is 15.6 Å².